The summed E-state index contributed by atoms with van der Waals surface area (Å²) < 4.78 is 27.4. The molecule has 3 aromatic carbocycles. The van der Waals surface area contributed by atoms with Gasteiger partial charge in [0.25, 0.3) is 15.9 Å². The molecule has 0 saturated heterocycles. The van der Waals surface area contributed by atoms with Gasteiger partial charge in [0.1, 0.15) is 6.54 Å². The Hall–Kier alpha value is -3.69. The van der Waals surface area contributed by atoms with Crippen LogP contribution in [0, 0.1) is 0 Å². The van der Waals surface area contributed by atoms with Crippen molar-refractivity contribution in [2.75, 3.05) is 10.8 Å². The number of amides is 1. The maximum atomic E-state index is 13.3. The van der Waals surface area contributed by atoms with Gasteiger partial charge >= 0.3 is 0 Å². The molecule has 32 heavy (non-hydrogen) atoms. The molecule has 0 atom stereocenters. The molecule has 4 aromatic rings. The largest absolute Gasteiger partial charge is 0.493 e. The monoisotopic (exact) mass is 468 g/mol. The fraction of sp³-hybridized carbons (Fsp3) is 0.0455. The van der Waals surface area contributed by atoms with E-state index in [1.54, 1.807) is 54.6 Å². The molecule has 1 amide bonds. The summed E-state index contributed by atoms with van der Waals surface area (Å²) in [6.07, 6.45) is 0. The van der Waals surface area contributed by atoms with E-state index in [2.05, 4.69) is 15.2 Å². The molecule has 4 rings (SSSR count). The molecule has 8 nitrogen and oxygen atoms in total. The highest BCUT2D eigenvalue weighted by Gasteiger charge is 2.27. The van der Waals surface area contributed by atoms with E-state index >= 15 is 0 Å². The van der Waals surface area contributed by atoms with Crippen molar-refractivity contribution in [2.45, 2.75) is 4.90 Å². The summed E-state index contributed by atoms with van der Waals surface area (Å²) in [5.41, 5.74) is 0.924. The summed E-state index contributed by atoms with van der Waals surface area (Å²) in [5.74, 6) is -1.07. The number of hydrogen-bond acceptors (Lipinski definition) is 5. The number of carbonyl (C=O) groups is 1. The number of nitrogens with one attached hydrogen (secondary N) is 1. The maximum Gasteiger partial charge on any atom is 0.285 e. The number of hydrogen-bond donors (Lipinski definition) is 2. The van der Waals surface area contributed by atoms with Crippen LogP contribution in [0.15, 0.2) is 94.0 Å². The van der Waals surface area contributed by atoms with Gasteiger partial charge in [0.15, 0.2) is 5.69 Å². The molecule has 0 spiro atoms. The molecule has 10 heteroatoms. The number of azo groups is 1. The average Bonchev–Trinajstić information content (AvgIpc) is 3.11. The topological polar surface area (TPSA) is 115 Å². The third-order valence-corrected chi connectivity index (χ3v) is 6.65. The Morgan fingerprint density at radius 1 is 1.00 bits per heavy atom. The summed E-state index contributed by atoms with van der Waals surface area (Å²) in [6, 6.07) is 20.9. The number of nitrogens with zero attached hydrogens (tertiary/aromatic N) is 3. The van der Waals surface area contributed by atoms with Crippen LogP contribution in [-0.2, 0) is 14.8 Å². The molecular formula is C22H17ClN4O4S. The summed E-state index contributed by atoms with van der Waals surface area (Å²) in [5, 5.41) is 18.5. The molecule has 0 aliphatic carbocycles. The van der Waals surface area contributed by atoms with E-state index in [0.29, 0.717) is 15.9 Å². The van der Waals surface area contributed by atoms with Gasteiger partial charge in [-0.25, -0.2) is 8.42 Å². The Morgan fingerprint density at radius 2 is 1.72 bits per heavy atom. The minimum Gasteiger partial charge on any atom is -0.493 e. The number of benzene rings is 3. The number of carbonyl (C=O) groups excluding carboxylic acids is 1. The SMILES string of the molecule is O=C(CN(c1cccc(Cl)c1)S(=O)(=O)c1ccccc1)N=Nc1c(O)[nH]c2ccccc12. The third-order valence-electron chi connectivity index (χ3n) is 4.63. The molecule has 162 valence electrons. The van der Waals surface area contributed by atoms with Crippen LogP contribution in [0.3, 0.4) is 0 Å². The number of fused-ring (bicyclic) bond motifs is 1. The van der Waals surface area contributed by atoms with Gasteiger partial charge in [0, 0.05) is 10.4 Å². The van der Waals surface area contributed by atoms with Crippen LogP contribution in [0.5, 0.6) is 5.88 Å². The highest BCUT2D eigenvalue weighted by atomic mass is 35.5. The van der Waals surface area contributed by atoms with Crippen LogP contribution in [0.4, 0.5) is 11.4 Å². The smallest absolute Gasteiger partial charge is 0.285 e. The van der Waals surface area contributed by atoms with Gasteiger partial charge in [-0.15, -0.1) is 10.2 Å². The molecule has 1 aromatic heterocycles. The van der Waals surface area contributed by atoms with Crippen LogP contribution in [0.2, 0.25) is 5.02 Å². The maximum absolute atomic E-state index is 13.3. The number of anilines is 1. The zero-order valence-electron chi connectivity index (χ0n) is 16.5. The highest BCUT2D eigenvalue weighted by molar-refractivity contribution is 7.92. The average molecular weight is 469 g/mol. The van der Waals surface area contributed by atoms with E-state index < -0.39 is 22.5 Å². The van der Waals surface area contributed by atoms with E-state index in [-0.39, 0.29) is 22.2 Å². The van der Waals surface area contributed by atoms with Crippen molar-refractivity contribution in [3.8, 4) is 5.88 Å². The number of aromatic hydroxyl groups is 1. The second-order valence-electron chi connectivity index (χ2n) is 6.77. The molecule has 0 saturated carbocycles. The van der Waals surface area contributed by atoms with Gasteiger partial charge in [-0.2, -0.15) is 0 Å². The molecular weight excluding hydrogens is 452 g/mol. The first-order valence-corrected chi connectivity index (χ1v) is 11.3. The second-order valence-corrected chi connectivity index (χ2v) is 9.06. The van der Waals surface area contributed by atoms with Gasteiger partial charge < -0.3 is 10.1 Å². The molecule has 0 radical (unpaired) electrons. The molecule has 0 fully saturated rings. The Kier molecular flexibility index (Phi) is 5.93. The van der Waals surface area contributed by atoms with Crippen LogP contribution in [-0.4, -0.2) is 31.0 Å². The lowest BCUT2D eigenvalue weighted by Gasteiger charge is -2.23. The molecule has 0 aliphatic heterocycles. The van der Waals surface area contributed by atoms with E-state index in [1.165, 1.54) is 24.3 Å². The zero-order valence-corrected chi connectivity index (χ0v) is 18.1. The molecule has 1 heterocycles. The number of aromatic nitrogens is 1. The molecule has 0 aliphatic rings. The zero-order chi connectivity index (χ0) is 22.7. The lowest BCUT2D eigenvalue weighted by Crippen LogP contribution is -2.35. The summed E-state index contributed by atoms with van der Waals surface area (Å²) in [6.45, 7) is -0.607. The molecule has 2 N–H and O–H groups in total. The fourth-order valence-corrected chi connectivity index (χ4v) is 4.75. The van der Waals surface area contributed by atoms with Crippen molar-refractivity contribution in [3.63, 3.8) is 0 Å². The van der Waals surface area contributed by atoms with Gasteiger partial charge in [-0.3, -0.25) is 9.10 Å². The van der Waals surface area contributed by atoms with Gasteiger partial charge in [-0.05, 0) is 36.4 Å². The van der Waals surface area contributed by atoms with Gasteiger partial charge in [0.05, 0.1) is 16.1 Å². The second kappa shape index (κ2) is 8.81. The summed E-state index contributed by atoms with van der Waals surface area (Å²) in [7, 11) is -4.08. The van der Waals surface area contributed by atoms with Crippen molar-refractivity contribution in [1.82, 2.24) is 4.98 Å². The third kappa shape index (κ3) is 4.34. The van der Waals surface area contributed by atoms with Crippen molar-refractivity contribution in [3.05, 3.63) is 83.9 Å². The van der Waals surface area contributed by atoms with Crippen LogP contribution in [0.1, 0.15) is 0 Å². The minimum atomic E-state index is -4.08. The normalized spacial score (nSPS) is 11.8. The van der Waals surface area contributed by atoms with E-state index in [1.807, 2.05) is 0 Å². The number of halogens is 1. The van der Waals surface area contributed by atoms with Gasteiger partial charge in [0.2, 0.25) is 5.88 Å². The quantitative estimate of drug-likeness (QED) is 0.386. The number of sulfonamides is 1. The van der Waals surface area contributed by atoms with E-state index in [4.69, 9.17) is 11.6 Å². The standard InChI is InChI=1S/C22H17ClN4O4S/c23-15-7-6-8-16(13-15)27(32(30,31)17-9-2-1-3-10-17)14-20(28)25-26-21-18-11-4-5-12-19(18)24-22(21)29/h1-13,24,29H,14H2. The van der Waals surface area contributed by atoms with Crippen molar-refractivity contribution >= 4 is 49.8 Å². The van der Waals surface area contributed by atoms with Crippen molar-refractivity contribution in [1.29, 1.82) is 0 Å². The van der Waals surface area contributed by atoms with E-state index in [9.17, 15) is 18.3 Å². The summed E-state index contributed by atoms with van der Waals surface area (Å²) in [4.78, 5) is 15.4. The van der Waals surface area contributed by atoms with Gasteiger partial charge in [-0.1, -0.05) is 54.1 Å². The lowest BCUT2D eigenvalue weighted by atomic mass is 10.2. The fourth-order valence-electron chi connectivity index (χ4n) is 3.14. The van der Waals surface area contributed by atoms with Crippen molar-refractivity contribution < 1.29 is 18.3 Å². The first kappa shape index (κ1) is 21.5. The van der Waals surface area contributed by atoms with E-state index in [0.717, 1.165) is 4.31 Å². The first-order chi connectivity index (χ1) is 15.4. The number of aromatic amines is 1. The minimum absolute atomic E-state index is 0.0130. The number of H-pyrrole nitrogens is 1. The Balaban J connectivity index is 1.67. The predicted molar refractivity (Wildman–Crippen MR) is 122 cm³/mol. The Bertz CT molecular complexity index is 1420. The number of para-hydroxylation sites is 1. The Morgan fingerprint density at radius 3 is 2.47 bits per heavy atom. The van der Waals surface area contributed by atoms with Crippen LogP contribution < -0.4 is 4.31 Å². The Labute approximate surface area is 188 Å². The van der Waals surface area contributed by atoms with Crippen LogP contribution in [0.25, 0.3) is 10.9 Å². The molecule has 0 bridgehead atoms. The first-order valence-electron chi connectivity index (χ1n) is 9.44. The predicted octanol–water partition coefficient (Wildman–Crippen LogP) is 5.03. The summed E-state index contributed by atoms with van der Waals surface area (Å²) >= 11 is 6.04. The van der Waals surface area contributed by atoms with Crippen molar-refractivity contribution in [2.24, 2.45) is 10.2 Å². The molecule has 0 unspecified atom stereocenters. The van der Waals surface area contributed by atoms with Crippen LogP contribution >= 0.6 is 11.6 Å². The highest BCUT2D eigenvalue weighted by Crippen LogP contribution is 2.35. The number of rotatable bonds is 6. The lowest BCUT2D eigenvalue weighted by molar-refractivity contribution is -0.116.